The molecule has 0 spiro atoms. The fourth-order valence-electron chi connectivity index (χ4n) is 4.37. The van der Waals surface area contributed by atoms with Crippen molar-refractivity contribution in [3.8, 4) is 11.5 Å². The summed E-state index contributed by atoms with van der Waals surface area (Å²) in [7, 11) is 3.14. The topological polar surface area (TPSA) is 117 Å². The first kappa shape index (κ1) is 23.2. The van der Waals surface area contributed by atoms with E-state index >= 15 is 0 Å². The van der Waals surface area contributed by atoms with Gasteiger partial charge in [0.15, 0.2) is 17.0 Å². The number of fused-ring (bicyclic) bond motifs is 2. The number of amides is 2. The average Bonchev–Trinajstić information content (AvgIpc) is 3.16. The largest absolute Gasteiger partial charge is 0.493 e. The lowest BCUT2D eigenvalue weighted by Crippen LogP contribution is -2.34. The van der Waals surface area contributed by atoms with Crippen molar-refractivity contribution >= 4 is 22.8 Å². The Kier molecular flexibility index (Phi) is 6.16. The predicted molar refractivity (Wildman–Crippen MR) is 130 cm³/mol. The van der Waals surface area contributed by atoms with Crippen molar-refractivity contribution in [2.75, 3.05) is 20.8 Å². The Hall–Kier alpha value is -4.60. The van der Waals surface area contributed by atoms with Gasteiger partial charge in [-0.1, -0.05) is 18.2 Å². The molecule has 182 valence electrons. The fourth-order valence-corrected chi connectivity index (χ4v) is 4.37. The van der Waals surface area contributed by atoms with Gasteiger partial charge in [-0.15, -0.1) is 0 Å². The molecular weight excluding hydrogens is 462 g/mol. The van der Waals surface area contributed by atoms with Crippen LogP contribution in [-0.4, -0.2) is 57.0 Å². The van der Waals surface area contributed by atoms with Crippen LogP contribution in [0.1, 0.15) is 32.1 Å². The average molecular weight is 486 g/mol. The summed E-state index contributed by atoms with van der Waals surface area (Å²) in [5, 5.41) is 0. The zero-order valence-corrected chi connectivity index (χ0v) is 19.8. The number of carbonyl (C=O) groups is 2. The first-order chi connectivity index (χ1) is 17.5. The molecule has 0 atom stereocenters. The number of benzene rings is 2. The number of rotatable bonds is 8. The van der Waals surface area contributed by atoms with Crippen molar-refractivity contribution in [1.29, 1.82) is 0 Å². The molecular formula is C26H23N5O5. The van der Waals surface area contributed by atoms with E-state index < -0.39 is 0 Å². The van der Waals surface area contributed by atoms with Gasteiger partial charge < -0.3 is 9.47 Å². The summed E-state index contributed by atoms with van der Waals surface area (Å²) >= 11 is 0. The van der Waals surface area contributed by atoms with Crippen LogP contribution in [0.3, 0.4) is 0 Å². The summed E-state index contributed by atoms with van der Waals surface area (Å²) < 4.78 is 12.2. The lowest BCUT2D eigenvalue weighted by Gasteiger charge is -2.17. The Bertz CT molecular complexity index is 1510. The molecule has 3 heterocycles. The number of carbonyl (C=O) groups excluding carboxylic acids is 2. The van der Waals surface area contributed by atoms with Crippen molar-refractivity contribution in [3.63, 3.8) is 0 Å². The Labute approximate surface area is 206 Å². The Morgan fingerprint density at radius 3 is 2.28 bits per heavy atom. The number of hydrogen-bond acceptors (Lipinski definition) is 8. The first-order valence-corrected chi connectivity index (χ1v) is 11.4. The highest BCUT2D eigenvalue weighted by molar-refractivity contribution is 6.21. The minimum atomic E-state index is -0.348. The number of aryl methyl sites for hydroxylation is 1. The van der Waals surface area contributed by atoms with Gasteiger partial charge in [-0.3, -0.25) is 23.9 Å². The molecule has 0 fully saturated rings. The second kappa shape index (κ2) is 9.57. The Morgan fingerprint density at radius 2 is 1.58 bits per heavy atom. The van der Waals surface area contributed by atoms with Gasteiger partial charge >= 0.3 is 0 Å². The number of hydrogen-bond donors (Lipinski definition) is 0. The van der Waals surface area contributed by atoms with Crippen LogP contribution in [0.2, 0.25) is 0 Å². The highest BCUT2D eigenvalue weighted by Crippen LogP contribution is 2.28. The van der Waals surface area contributed by atoms with Gasteiger partial charge in [0.2, 0.25) is 0 Å². The lowest BCUT2D eigenvalue weighted by molar-refractivity contribution is 0.0655. The van der Waals surface area contributed by atoms with Gasteiger partial charge in [0.05, 0.1) is 31.5 Å². The van der Waals surface area contributed by atoms with Crippen LogP contribution >= 0.6 is 0 Å². The molecule has 2 aromatic heterocycles. The molecule has 0 saturated carbocycles. The van der Waals surface area contributed by atoms with Crippen LogP contribution in [0, 0.1) is 0 Å². The molecule has 5 rings (SSSR count). The first-order valence-electron chi connectivity index (χ1n) is 11.4. The van der Waals surface area contributed by atoms with Crippen LogP contribution in [0.5, 0.6) is 11.5 Å². The maximum absolute atomic E-state index is 13.3. The van der Waals surface area contributed by atoms with E-state index in [1.54, 1.807) is 43.1 Å². The summed E-state index contributed by atoms with van der Waals surface area (Å²) in [6, 6.07) is 12.3. The molecule has 0 radical (unpaired) electrons. The maximum atomic E-state index is 13.3. The van der Waals surface area contributed by atoms with Crippen molar-refractivity contribution in [3.05, 3.63) is 87.9 Å². The third-order valence-corrected chi connectivity index (χ3v) is 6.21. The highest BCUT2D eigenvalue weighted by Gasteiger charge is 2.35. The van der Waals surface area contributed by atoms with Gasteiger partial charge in [0, 0.05) is 19.5 Å². The van der Waals surface area contributed by atoms with Crippen LogP contribution in [0.15, 0.2) is 59.8 Å². The van der Waals surface area contributed by atoms with E-state index in [-0.39, 0.29) is 35.9 Å². The monoisotopic (exact) mass is 485 g/mol. The molecule has 36 heavy (non-hydrogen) atoms. The van der Waals surface area contributed by atoms with E-state index in [4.69, 9.17) is 9.47 Å². The minimum Gasteiger partial charge on any atom is -0.493 e. The van der Waals surface area contributed by atoms with Crippen molar-refractivity contribution in [1.82, 2.24) is 24.4 Å². The number of imide groups is 1. The summed E-state index contributed by atoms with van der Waals surface area (Å²) in [5.74, 6) is 0.957. The Morgan fingerprint density at radius 1 is 0.861 bits per heavy atom. The molecule has 0 aliphatic carbocycles. The summed E-state index contributed by atoms with van der Waals surface area (Å²) in [5.41, 5.74) is 1.97. The Balaban J connectivity index is 1.44. The smallest absolute Gasteiger partial charge is 0.280 e. The highest BCUT2D eigenvalue weighted by atomic mass is 16.5. The van der Waals surface area contributed by atoms with E-state index in [1.165, 1.54) is 17.4 Å². The molecule has 4 aromatic rings. The molecule has 0 saturated heterocycles. The molecule has 10 nitrogen and oxygen atoms in total. The molecule has 0 unspecified atom stereocenters. The van der Waals surface area contributed by atoms with Crippen LogP contribution in [0.25, 0.3) is 11.0 Å². The quantitative estimate of drug-likeness (QED) is 0.349. The third kappa shape index (κ3) is 4.06. The summed E-state index contributed by atoms with van der Waals surface area (Å²) in [6.45, 7) is 0.410. The van der Waals surface area contributed by atoms with Crippen molar-refractivity contribution in [2.24, 2.45) is 0 Å². The van der Waals surface area contributed by atoms with Crippen LogP contribution in [-0.2, 0) is 19.4 Å². The van der Waals surface area contributed by atoms with E-state index in [2.05, 4.69) is 15.0 Å². The van der Waals surface area contributed by atoms with Crippen LogP contribution in [0.4, 0.5) is 0 Å². The number of aromatic nitrogens is 4. The molecule has 2 amide bonds. The van der Waals surface area contributed by atoms with Crippen LogP contribution < -0.4 is 15.0 Å². The van der Waals surface area contributed by atoms with Crippen molar-refractivity contribution < 1.29 is 19.1 Å². The van der Waals surface area contributed by atoms with Gasteiger partial charge in [-0.2, -0.15) is 0 Å². The zero-order valence-electron chi connectivity index (χ0n) is 19.8. The molecule has 10 heteroatoms. The second-order valence-electron chi connectivity index (χ2n) is 8.24. The maximum Gasteiger partial charge on any atom is 0.280 e. The number of nitrogens with zero attached hydrogens (tertiary/aromatic N) is 5. The number of methoxy groups -OCH3 is 2. The summed E-state index contributed by atoms with van der Waals surface area (Å²) in [4.78, 5) is 52.8. The minimum absolute atomic E-state index is 0.0916. The molecule has 0 N–H and O–H groups in total. The zero-order chi connectivity index (χ0) is 25.2. The van der Waals surface area contributed by atoms with Crippen molar-refractivity contribution in [2.45, 2.75) is 19.4 Å². The predicted octanol–water partition coefficient (Wildman–Crippen LogP) is 2.29. The van der Waals surface area contributed by atoms with Gasteiger partial charge in [0.25, 0.3) is 17.4 Å². The molecule has 1 aliphatic rings. The molecule has 1 aliphatic heterocycles. The van der Waals surface area contributed by atoms with Gasteiger partial charge in [-0.05, 0) is 36.2 Å². The molecule has 0 bridgehead atoms. The van der Waals surface area contributed by atoms with Gasteiger partial charge in [-0.25, -0.2) is 15.0 Å². The standard InChI is InChI=1S/C26H23N5O5/c1-35-20-8-7-16(13-21(20)36-2)9-11-30-22(29-19-14-27-15-28-23(19)26(30)34)10-12-31-24(32)17-5-3-4-6-18(17)25(31)33/h3-8,13-15H,9-12H2,1-2H3. The van der Waals surface area contributed by atoms with E-state index in [0.29, 0.717) is 46.9 Å². The fraction of sp³-hybridized carbons (Fsp3) is 0.231. The lowest BCUT2D eigenvalue weighted by atomic mass is 10.1. The van der Waals surface area contributed by atoms with Gasteiger partial charge in [0.1, 0.15) is 17.7 Å². The second-order valence-corrected chi connectivity index (χ2v) is 8.24. The SMILES string of the molecule is COc1ccc(CCn2c(CCN3C(=O)c4ccccc4C3=O)nc3cncnc3c2=O)cc1OC. The summed E-state index contributed by atoms with van der Waals surface area (Å²) in [6.07, 6.45) is 3.51. The third-order valence-electron chi connectivity index (χ3n) is 6.21. The normalized spacial score (nSPS) is 12.8. The molecule has 2 aromatic carbocycles. The van der Waals surface area contributed by atoms with E-state index in [0.717, 1.165) is 5.56 Å². The number of ether oxygens (including phenoxy) is 2. The van der Waals surface area contributed by atoms with E-state index in [9.17, 15) is 14.4 Å². The van der Waals surface area contributed by atoms with E-state index in [1.807, 2.05) is 18.2 Å².